The highest BCUT2D eigenvalue weighted by molar-refractivity contribution is 5.97. The molecule has 0 saturated carbocycles. The summed E-state index contributed by atoms with van der Waals surface area (Å²) in [6.07, 6.45) is 3.38. The van der Waals surface area contributed by atoms with E-state index in [1.165, 1.54) is 13.2 Å². The van der Waals surface area contributed by atoms with Gasteiger partial charge in [0.2, 0.25) is 0 Å². The Balaban J connectivity index is 2.13. The van der Waals surface area contributed by atoms with Crippen molar-refractivity contribution in [2.45, 2.75) is 19.6 Å². The van der Waals surface area contributed by atoms with Crippen LogP contribution in [0.5, 0.6) is 11.5 Å². The highest BCUT2D eigenvalue weighted by Crippen LogP contribution is 2.29. The fourth-order valence-electron chi connectivity index (χ4n) is 2.26. The van der Waals surface area contributed by atoms with Crippen molar-refractivity contribution in [3.63, 3.8) is 0 Å². The van der Waals surface area contributed by atoms with E-state index < -0.39 is 17.9 Å². The maximum absolute atomic E-state index is 12.3. The van der Waals surface area contributed by atoms with E-state index in [0.717, 1.165) is 5.56 Å². The number of aliphatic carboxylic acids is 1. The number of nitrogens with one attached hydrogen (secondary N) is 1. The predicted octanol–water partition coefficient (Wildman–Crippen LogP) is 1.89. The van der Waals surface area contributed by atoms with Gasteiger partial charge in [-0.25, -0.2) is 4.79 Å². The molecule has 0 spiro atoms. The summed E-state index contributed by atoms with van der Waals surface area (Å²) in [7, 11) is 1.36. The summed E-state index contributed by atoms with van der Waals surface area (Å²) in [4.78, 5) is 27.5. The summed E-state index contributed by atoms with van der Waals surface area (Å²) in [6.45, 7) is 2.37. The third-order valence-electron chi connectivity index (χ3n) is 3.56. The van der Waals surface area contributed by atoms with Gasteiger partial charge in [0.1, 0.15) is 6.61 Å². The molecule has 8 nitrogen and oxygen atoms in total. The molecule has 0 fully saturated rings. The molecule has 144 valence electrons. The van der Waals surface area contributed by atoms with Crippen LogP contribution in [0, 0.1) is 0 Å². The Bertz CT molecular complexity index is 766. The van der Waals surface area contributed by atoms with Crippen LogP contribution in [0.25, 0.3) is 0 Å². The SMILES string of the molecule is CCOc1cc(C(=O)NC(COC)C(=O)O)ccc1OCc1cccnc1. The zero-order valence-electron chi connectivity index (χ0n) is 15.2. The van der Waals surface area contributed by atoms with Crippen molar-refractivity contribution in [3.8, 4) is 11.5 Å². The van der Waals surface area contributed by atoms with Crippen molar-refractivity contribution in [1.29, 1.82) is 0 Å². The van der Waals surface area contributed by atoms with Crippen LogP contribution >= 0.6 is 0 Å². The van der Waals surface area contributed by atoms with Crippen molar-refractivity contribution >= 4 is 11.9 Å². The van der Waals surface area contributed by atoms with Crippen LogP contribution in [-0.4, -0.2) is 48.3 Å². The van der Waals surface area contributed by atoms with Gasteiger partial charge in [-0.2, -0.15) is 0 Å². The summed E-state index contributed by atoms with van der Waals surface area (Å²) < 4.78 is 16.1. The van der Waals surface area contributed by atoms with Crippen LogP contribution in [0.2, 0.25) is 0 Å². The van der Waals surface area contributed by atoms with E-state index in [9.17, 15) is 9.59 Å². The van der Waals surface area contributed by atoms with Gasteiger partial charge < -0.3 is 24.6 Å². The van der Waals surface area contributed by atoms with Crippen LogP contribution in [0.4, 0.5) is 0 Å². The van der Waals surface area contributed by atoms with Crippen LogP contribution in [0.3, 0.4) is 0 Å². The van der Waals surface area contributed by atoms with Crippen LogP contribution in [-0.2, 0) is 16.1 Å². The van der Waals surface area contributed by atoms with Crippen LogP contribution in [0.15, 0.2) is 42.7 Å². The third kappa shape index (κ3) is 5.96. The number of hydrogen-bond donors (Lipinski definition) is 2. The minimum atomic E-state index is -1.17. The second-order valence-corrected chi connectivity index (χ2v) is 5.56. The fraction of sp³-hybridized carbons (Fsp3) is 0.316. The number of rotatable bonds is 10. The molecule has 0 aliphatic rings. The zero-order valence-corrected chi connectivity index (χ0v) is 15.2. The van der Waals surface area contributed by atoms with Gasteiger partial charge in [-0.1, -0.05) is 6.07 Å². The lowest BCUT2D eigenvalue weighted by Gasteiger charge is -2.16. The Hall–Kier alpha value is -3.13. The molecule has 1 aromatic heterocycles. The van der Waals surface area contributed by atoms with E-state index >= 15 is 0 Å². The second kappa shape index (κ2) is 10.1. The molecule has 1 heterocycles. The van der Waals surface area contributed by atoms with Crippen LogP contribution < -0.4 is 14.8 Å². The molecular formula is C19H22N2O6. The Labute approximate surface area is 157 Å². The minimum absolute atomic E-state index is 0.133. The molecule has 0 aliphatic carbocycles. The van der Waals surface area contributed by atoms with E-state index in [-0.39, 0.29) is 12.2 Å². The van der Waals surface area contributed by atoms with Gasteiger partial charge in [0.05, 0.1) is 13.2 Å². The molecule has 0 aliphatic heterocycles. The van der Waals surface area contributed by atoms with Crippen molar-refractivity contribution in [1.82, 2.24) is 10.3 Å². The normalized spacial score (nSPS) is 11.5. The number of pyridine rings is 1. The summed E-state index contributed by atoms with van der Waals surface area (Å²) in [5, 5.41) is 11.5. The fourth-order valence-corrected chi connectivity index (χ4v) is 2.26. The molecule has 1 aromatic carbocycles. The number of carbonyl (C=O) groups is 2. The number of carboxylic acids is 1. The average Bonchev–Trinajstić information content (AvgIpc) is 2.67. The average molecular weight is 374 g/mol. The number of nitrogens with zero attached hydrogens (tertiary/aromatic N) is 1. The van der Waals surface area contributed by atoms with Gasteiger partial charge in [0.25, 0.3) is 5.91 Å². The molecule has 2 aromatic rings. The maximum Gasteiger partial charge on any atom is 0.328 e. The van der Waals surface area contributed by atoms with Crippen molar-refractivity contribution in [2.24, 2.45) is 0 Å². The predicted molar refractivity (Wildman–Crippen MR) is 96.9 cm³/mol. The van der Waals surface area contributed by atoms with Crippen LogP contribution in [0.1, 0.15) is 22.8 Å². The first-order valence-corrected chi connectivity index (χ1v) is 8.36. The molecule has 27 heavy (non-hydrogen) atoms. The summed E-state index contributed by atoms with van der Waals surface area (Å²) in [6, 6.07) is 7.23. The molecule has 0 saturated heterocycles. The quantitative estimate of drug-likeness (QED) is 0.654. The molecule has 2 rings (SSSR count). The first-order valence-electron chi connectivity index (χ1n) is 8.36. The Morgan fingerprint density at radius 1 is 1.22 bits per heavy atom. The summed E-state index contributed by atoms with van der Waals surface area (Å²) in [5.41, 5.74) is 1.15. The van der Waals surface area contributed by atoms with E-state index in [1.807, 2.05) is 19.1 Å². The summed E-state index contributed by atoms with van der Waals surface area (Å²) in [5.74, 6) is -0.845. The number of amides is 1. The largest absolute Gasteiger partial charge is 0.490 e. The molecule has 2 N–H and O–H groups in total. The minimum Gasteiger partial charge on any atom is -0.490 e. The van der Waals surface area contributed by atoms with Crippen molar-refractivity contribution in [2.75, 3.05) is 20.3 Å². The number of carbonyl (C=O) groups excluding carboxylic acids is 1. The number of ether oxygens (including phenoxy) is 3. The number of carboxylic acid groups (broad SMARTS) is 1. The Morgan fingerprint density at radius 2 is 2.04 bits per heavy atom. The standard InChI is InChI=1S/C19H22N2O6/c1-3-26-17-9-14(18(22)21-15(12-25-2)19(23)24)6-7-16(17)27-11-13-5-4-8-20-10-13/h4-10,15H,3,11-12H2,1-2H3,(H,21,22)(H,23,24). The Kier molecular flexibility index (Phi) is 7.57. The lowest BCUT2D eigenvalue weighted by molar-refractivity contribution is -0.140. The van der Waals surface area contributed by atoms with Gasteiger partial charge >= 0.3 is 5.97 Å². The molecule has 8 heteroatoms. The van der Waals surface area contributed by atoms with E-state index in [4.69, 9.17) is 19.3 Å². The Morgan fingerprint density at radius 3 is 2.67 bits per heavy atom. The van der Waals surface area contributed by atoms with Gasteiger partial charge in [-0.3, -0.25) is 9.78 Å². The monoisotopic (exact) mass is 374 g/mol. The number of benzene rings is 1. The maximum atomic E-state index is 12.3. The molecule has 1 unspecified atom stereocenters. The van der Waals surface area contributed by atoms with E-state index in [1.54, 1.807) is 24.5 Å². The lowest BCUT2D eigenvalue weighted by atomic mass is 10.1. The van der Waals surface area contributed by atoms with E-state index in [0.29, 0.717) is 24.7 Å². The molecular weight excluding hydrogens is 352 g/mol. The zero-order chi connectivity index (χ0) is 19.6. The van der Waals surface area contributed by atoms with Crippen molar-refractivity contribution < 1.29 is 28.9 Å². The van der Waals surface area contributed by atoms with E-state index in [2.05, 4.69) is 10.3 Å². The molecule has 1 amide bonds. The smallest absolute Gasteiger partial charge is 0.328 e. The molecule has 0 bridgehead atoms. The van der Waals surface area contributed by atoms with Gasteiger partial charge in [-0.15, -0.1) is 0 Å². The number of aromatic nitrogens is 1. The van der Waals surface area contributed by atoms with Gasteiger partial charge in [0, 0.05) is 30.6 Å². The summed E-state index contributed by atoms with van der Waals surface area (Å²) >= 11 is 0. The van der Waals surface area contributed by atoms with Crippen molar-refractivity contribution in [3.05, 3.63) is 53.9 Å². The first kappa shape index (κ1) is 20.2. The molecule has 1 atom stereocenters. The third-order valence-corrected chi connectivity index (χ3v) is 3.56. The number of hydrogen-bond acceptors (Lipinski definition) is 6. The number of methoxy groups -OCH3 is 1. The highest BCUT2D eigenvalue weighted by atomic mass is 16.5. The van der Waals surface area contributed by atoms with Gasteiger partial charge in [-0.05, 0) is 31.2 Å². The second-order valence-electron chi connectivity index (χ2n) is 5.56. The highest BCUT2D eigenvalue weighted by Gasteiger charge is 2.21. The first-order chi connectivity index (χ1) is 13.0. The van der Waals surface area contributed by atoms with Gasteiger partial charge in [0.15, 0.2) is 17.5 Å². The lowest BCUT2D eigenvalue weighted by Crippen LogP contribution is -2.43. The molecule has 0 radical (unpaired) electrons. The topological polar surface area (TPSA) is 107 Å².